The number of aryl methyl sites for hydroxylation is 2. The van der Waals surface area contributed by atoms with Gasteiger partial charge in [-0.3, -0.25) is 4.68 Å². The van der Waals surface area contributed by atoms with Gasteiger partial charge in [-0.05, 0) is 48.0 Å². The van der Waals surface area contributed by atoms with Crippen molar-refractivity contribution in [2.45, 2.75) is 19.9 Å². The molecule has 0 bridgehead atoms. The summed E-state index contributed by atoms with van der Waals surface area (Å²) in [6.45, 7) is 3.65. The van der Waals surface area contributed by atoms with Crippen molar-refractivity contribution < 1.29 is 0 Å². The van der Waals surface area contributed by atoms with Crippen molar-refractivity contribution in [1.82, 2.24) is 9.78 Å². The highest BCUT2D eigenvalue weighted by atomic mass is 79.9. The van der Waals surface area contributed by atoms with Crippen LogP contribution in [0.25, 0.3) is 10.9 Å². The average molecular weight is 268 g/mol. The van der Waals surface area contributed by atoms with Crippen molar-refractivity contribution in [2.75, 3.05) is 6.54 Å². The molecule has 0 aliphatic rings. The predicted octanol–water partition coefficient (Wildman–Crippen LogP) is 2.46. The Bertz CT molecular complexity index is 476. The molecule has 1 aromatic heterocycles. The summed E-state index contributed by atoms with van der Waals surface area (Å²) in [6, 6.07) is 6.27. The lowest BCUT2D eigenvalue weighted by Crippen LogP contribution is -2.06. The predicted molar refractivity (Wildman–Crippen MR) is 65.8 cm³/mol. The molecule has 0 aliphatic carbocycles. The number of nitrogens with zero attached hydrogens (tertiary/aromatic N) is 2. The largest absolute Gasteiger partial charge is 0.330 e. The molecule has 80 valence electrons. The molecule has 0 aliphatic heterocycles. The number of hydrogen-bond donors (Lipinski definition) is 1. The fourth-order valence-corrected chi connectivity index (χ4v) is 2.18. The summed E-state index contributed by atoms with van der Waals surface area (Å²) in [7, 11) is 0. The van der Waals surface area contributed by atoms with Gasteiger partial charge in [0, 0.05) is 11.9 Å². The van der Waals surface area contributed by atoms with Crippen LogP contribution >= 0.6 is 15.9 Å². The summed E-state index contributed by atoms with van der Waals surface area (Å²) in [5.41, 5.74) is 7.77. The van der Waals surface area contributed by atoms with Gasteiger partial charge in [-0.2, -0.15) is 5.10 Å². The fraction of sp³-hybridized carbons (Fsp3) is 0.364. The minimum atomic E-state index is 0.696. The summed E-state index contributed by atoms with van der Waals surface area (Å²) in [5.74, 6) is 0. The Morgan fingerprint density at radius 2 is 2.27 bits per heavy atom. The molecule has 15 heavy (non-hydrogen) atoms. The van der Waals surface area contributed by atoms with Crippen LogP contribution in [0.4, 0.5) is 0 Å². The minimum Gasteiger partial charge on any atom is -0.330 e. The molecule has 2 N–H and O–H groups in total. The van der Waals surface area contributed by atoms with Gasteiger partial charge in [0.15, 0.2) is 0 Å². The van der Waals surface area contributed by atoms with Crippen LogP contribution in [0.3, 0.4) is 0 Å². The van der Waals surface area contributed by atoms with E-state index in [0.717, 1.165) is 23.1 Å². The van der Waals surface area contributed by atoms with Crippen molar-refractivity contribution in [3.8, 4) is 0 Å². The summed E-state index contributed by atoms with van der Waals surface area (Å²) in [6.07, 6.45) is 0.950. The van der Waals surface area contributed by atoms with Crippen LogP contribution in [0.15, 0.2) is 22.8 Å². The van der Waals surface area contributed by atoms with Crippen molar-refractivity contribution in [2.24, 2.45) is 5.73 Å². The number of benzene rings is 1. The monoisotopic (exact) mass is 267 g/mol. The summed E-state index contributed by atoms with van der Waals surface area (Å²) in [5, 5.41) is 5.68. The molecule has 0 saturated carbocycles. The molecular formula is C11H14BrN3. The SMILES string of the molecule is Cc1ccc2nn(CCCN)c(Br)c2c1. The first-order valence-electron chi connectivity index (χ1n) is 5.05. The number of hydrogen-bond acceptors (Lipinski definition) is 2. The minimum absolute atomic E-state index is 0.696. The van der Waals surface area contributed by atoms with E-state index in [1.54, 1.807) is 0 Å². The lowest BCUT2D eigenvalue weighted by atomic mass is 10.2. The Morgan fingerprint density at radius 1 is 1.47 bits per heavy atom. The molecule has 0 radical (unpaired) electrons. The van der Waals surface area contributed by atoms with Crippen LogP contribution in [0.5, 0.6) is 0 Å². The van der Waals surface area contributed by atoms with E-state index in [-0.39, 0.29) is 0 Å². The number of aromatic nitrogens is 2. The lowest BCUT2D eigenvalue weighted by molar-refractivity contribution is 0.580. The molecule has 1 heterocycles. The Balaban J connectivity index is 2.45. The van der Waals surface area contributed by atoms with Gasteiger partial charge >= 0.3 is 0 Å². The molecular weight excluding hydrogens is 254 g/mol. The maximum Gasteiger partial charge on any atom is 0.111 e. The maximum atomic E-state index is 5.49. The van der Waals surface area contributed by atoms with Gasteiger partial charge in [-0.25, -0.2) is 0 Å². The molecule has 2 rings (SSSR count). The number of fused-ring (bicyclic) bond motifs is 1. The number of rotatable bonds is 3. The maximum absolute atomic E-state index is 5.49. The Hall–Kier alpha value is -0.870. The molecule has 4 heteroatoms. The molecule has 0 atom stereocenters. The Kier molecular flexibility index (Phi) is 3.07. The van der Waals surface area contributed by atoms with Gasteiger partial charge in [0.1, 0.15) is 4.60 Å². The Morgan fingerprint density at radius 3 is 3.00 bits per heavy atom. The van der Waals surface area contributed by atoms with Crippen LogP contribution in [0.1, 0.15) is 12.0 Å². The van der Waals surface area contributed by atoms with Crippen LogP contribution in [0.2, 0.25) is 0 Å². The lowest BCUT2D eigenvalue weighted by Gasteiger charge is -2.00. The second kappa shape index (κ2) is 4.33. The van der Waals surface area contributed by atoms with Gasteiger partial charge in [-0.1, -0.05) is 11.6 Å². The van der Waals surface area contributed by atoms with Crippen LogP contribution in [0, 0.1) is 6.92 Å². The van der Waals surface area contributed by atoms with Crippen molar-refractivity contribution >= 4 is 26.8 Å². The van der Waals surface area contributed by atoms with Gasteiger partial charge < -0.3 is 5.73 Å². The first kappa shape index (κ1) is 10.6. The van der Waals surface area contributed by atoms with E-state index in [0.29, 0.717) is 6.54 Å². The quantitative estimate of drug-likeness (QED) is 0.929. The third-order valence-corrected chi connectivity index (χ3v) is 3.24. The first-order valence-corrected chi connectivity index (χ1v) is 5.84. The third-order valence-electron chi connectivity index (χ3n) is 2.40. The second-order valence-electron chi connectivity index (χ2n) is 3.68. The molecule has 0 amide bonds. The highest BCUT2D eigenvalue weighted by Crippen LogP contribution is 2.24. The van der Waals surface area contributed by atoms with Gasteiger partial charge in [-0.15, -0.1) is 0 Å². The van der Waals surface area contributed by atoms with E-state index < -0.39 is 0 Å². The fourth-order valence-electron chi connectivity index (χ4n) is 1.60. The Labute approximate surface area is 97.4 Å². The van der Waals surface area contributed by atoms with E-state index in [1.807, 2.05) is 10.7 Å². The average Bonchev–Trinajstić information content (AvgIpc) is 2.53. The van der Waals surface area contributed by atoms with Crippen molar-refractivity contribution in [3.63, 3.8) is 0 Å². The zero-order valence-electron chi connectivity index (χ0n) is 8.70. The molecule has 0 unspecified atom stereocenters. The smallest absolute Gasteiger partial charge is 0.111 e. The molecule has 3 nitrogen and oxygen atoms in total. The van der Waals surface area contributed by atoms with Gasteiger partial charge in [0.05, 0.1) is 5.52 Å². The number of nitrogens with two attached hydrogens (primary N) is 1. The topological polar surface area (TPSA) is 43.8 Å². The second-order valence-corrected chi connectivity index (χ2v) is 4.43. The standard InChI is InChI=1S/C11H14BrN3/c1-8-3-4-10-9(7-8)11(12)15(14-10)6-2-5-13/h3-4,7H,2,5-6,13H2,1H3. The summed E-state index contributed by atoms with van der Waals surface area (Å²) in [4.78, 5) is 0. The van der Waals surface area contributed by atoms with E-state index in [9.17, 15) is 0 Å². The number of halogens is 1. The van der Waals surface area contributed by atoms with Crippen LogP contribution in [-0.4, -0.2) is 16.3 Å². The highest BCUT2D eigenvalue weighted by molar-refractivity contribution is 9.10. The van der Waals surface area contributed by atoms with E-state index in [2.05, 4.69) is 40.1 Å². The third kappa shape index (κ3) is 2.06. The van der Waals surface area contributed by atoms with Crippen molar-refractivity contribution in [3.05, 3.63) is 28.4 Å². The van der Waals surface area contributed by atoms with Gasteiger partial charge in [0.25, 0.3) is 0 Å². The van der Waals surface area contributed by atoms with Gasteiger partial charge in [0.2, 0.25) is 0 Å². The molecule has 0 saturated heterocycles. The van der Waals surface area contributed by atoms with Crippen LogP contribution in [-0.2, 0) is 6.54 Å². The first-order chi connectivity index (χ1) is 7.22. The molecule has 2 aromatic rings. The molecule has 0 spiro atoms. The van der Waals surface area contributed by atoms with E-state index in [1.165, 1.54) is 10.9 Å². The van der Waals surface area contributed by atoms with E-state index in [4.69, 9.17) is 5.73 Å². The van der Waals surface area contributed by atoms with E-state index >= 15 is 0 Å². The molecule has 1 aromatic carbocycles. The summed E-state index contributed by atoms with van der Waals surface area (Å²) < 4.78 is 3.02. The normalized spacial score (nSPS) is 11.1. The zero-order valence-corrected chi connectivity index (χ0v) is 10.3. The highest BCUT2D eigenvalue weighted by Gasteiger charge is 2.07. The summed E-state index contributed by atoms with van der Waals surface area (Å²) >= 11 is 3.58. The van der Waals surface area contributed by atoms with Crippen molar-refractivity contribution in [1.29, 1.82) is 0 Å². The van der Waals surface area contributed by atoms with Crippen LogP contribution < -0.4 is 5.73 Å². The molecule has 0 fully saturated rings. The zero-order chi connectivity index (χ0) is 10.8.